The van der Waals surface area contributed by atoms with Gasteiger partial charge < -0.3 is 27.3 Å². The minimum Gasteiger partial charge on any atom is -0.737 e. The standard InChI is InChI=1S/C12H8O3S.2Na/c13-11(14)9-3-1-8-6-10(12(15)16)4-2-7(8)5-9;;/h1-6H,(H,13,14)(H,15,16);;/q;2*+1/p-2. The number of hydrogen-bond acceptors (Lipinski definition) is 4. The van der Waals surface area contributed by atoms with Crippen LogP contribution in [0.15, 0.2) is 36.4 Å². The minimum absolute atomic E-state index is 0. The Bertz CT molecular complexity index is 546. The molecule has 0 aromatic heterocycles. The average Bonchev–Trinajstić information content (AvgIpc) is 2.27. The number of hydrogen-bond donors (Lipinski definition) is 0. The number of rotatable bonds is 2. The third-order valence-electron chi connectivity index (χ3n) is 2.31. The Morgan fingerprint density at radius 1 is 0.889 bits per heavy atom. The molecule has 0 amide bonds. The van der Waals surface area contributed by atoms with Gasteiger partial charge in [-0.2, -0.15) is 0 Å². The fourth-order valence-electron chi connectivity index (χ4n) is 1.50. The summed E-state index contributed by atoms with van der Waals surface area (Å²) in [6.45, 7) is 0. The van der Waals surface area contributed by atoms with Crippen LogP contribution in [0.4, 0.5) is 0 Å². The molecule has 0 saturated heterocycles. The van der Waals surface area contributed by atoms with Gasteiger partial charge in [0.1, 0.15) is 0 Å². The summed E-state index contributed by atoms with van der Waals surface area (Å²) in [5.74, 6) is -1.22. The summed E-state index contributed by atoms with van der Waals surface area (Å²) in [7, 11) is 0. The van der Waals surface area contributed by atoms with Crippen LogP contribution in [-0.2, 0) is 12.6 Å². The molecule has 0 fully saturated rings. The van der Waals surface area contributed by atoms with Crippen molar-refractivity contribution >= 4 is 34.5 Å². The Morgan fingerprint density at radius 2 is 1.33 bits per heavy atom. The van der Waals surface area contributed by atoms with Gasteiger partial charge in [0.2, 0.25) is 0 Å². The summed E-state index contributed by atoms with van der Waals surface area (Å²) < 4.78 is 0. The zero-order valence-corrected chi connectivity index (χ0v) is 14.9. The summed E-state index contributed by atoms with van der Waals surface area (Å²) in [4.78, 5) is 21.6. The van der Waals surface area contributed by atoms with Gasteiger partial charge in [-0.25, -0.2) is 0 Å². The number of aromatic carboxylic acids is 1. The maximum absolute atomic E-state index is 11.0. The van der Waals surface area contributed by atoms with Crippen molar-refractivity contribution in [3.8, 4) is 0 Å². The molecule has 0 aliphatic heterocycles. The van der Waals surface area contributed by atoms with E-state index in [9.17, 15) is 14.7 Å². The number of carboxylic acid groups (broad SMARTS) is 1. The number of fused-ring (bicyclic) bond motifs is 1. The molecule has 0 aliphatic rings. The first-order chi connectivity index (χ1) is 7.58. The van der Waals surface area contributed by atoms with Crippen LogP contribution in [0, 0.1) is 0 Å². The van der Waals surface area contributed by atoms with Gasteiger partial charge in [-0.1, -0.05) is 24.3 Å². The van der Waals surface area contributed by atoms with Gasteiger partial charge >= 0.3 is 59.1 Å². The van der Waals surface area contributed by atoms with Gasteiger partial charge in [-0.05, 0) is 34.0 Å². The van der Waals surface area contributed by atoms with E-state index in [4.69, 9.17) is 0 Å². The third kappa shape index (κ3) is 4.03. The molecule has 0 unspecified atom stereocenters. The van der Waals surface area contributed by atoms with Gasteiger partial charge in [-0.3, -0.25) is 0 Å². The van der Waals surface area contributed by atoms with E-state index in [1.165, 1.54) is 12.1 Å². The van der Waals surface area contributed by atoms with E-state index in [1.807, 2.05) is 0 Å². The van der Waals surface area contributed by atoms with Crippen LogP contribution in [0.2, 0.25) is 0 Å². The molecular weight excluding hydrogens is 270 g/mol. The number of benzene rings is 2. The van der Waals surface area contributed by atoms with Crippen molar-refractivity contribution in [2.24, 2.45) is 0 Å². The molecule has 0 heterocycles. The first-order valence-electron chi connectivity index (χ1n) is 4.54. The molecule has 0 radical (unpaired) electrons. The van der Waals surface area contributed by atoms with Crippen LogP contribution in [0.3, 0.4) is 0 Å². The number of carbonyl (C=O) groups is 2. The number of carbonyl (C=O) groups excluding carboxylic acids is 2. The first kappa shape index (κ1) is 18.1. The first-order valence-corrected chi connectivity index (χ1v) is 4.95. The van der Waals surface area contributed by atoms with E-state index < -0.39 is 11.1 Å². The Hall–Kier alpha value is 0.0600. The Labute approximate surface area is 154 Å². The maximum Gasteiger partial charge on any atom is 1.00 e. The Morgan fingerprint density at radius 3 is 1.78 bits per heavy atom. The molecular formula is C12H6Na2O3S. The monoisotopic (exact) mass is 276 g/mol. The molecule has 18 heavy (non-hydrogen) atoms. The van der Waals surface area contributed by atoms with Gasteiger partial charge in [-0.15, -0.1) is 0 Å². The topological polar surface area (TPSA) is 57.2 Å². The van der Waals surface area contributed by atoms with Crippen LogP contribution in [0.1, 0.15) is 20.7 Å². The fraction of sp³-hybridized carbons (Fsp3) is 0. The molecule has 6 heteroatoms. The zero-order chi connectivity index (χ0) is 11.7. The summed E-state index contributed by atoms with van der Waals surface area (Å²) in [5.41, 5.74) is 0.550. The van der Waals surface area contributed by atoms with Crippen LogP contribution < -0.4 is 64.2 Å². The molecule has 0 spiro atoms. The van der Waals surface area contributed by atoms with Gasteiger partial charge in [0, 0.05) is 5.12 Å². The second-order valence-electron chi connectivity index (χ2n) is 3.35. The predicted molar refractivity (Wildman–Crippen MR) is 60.0 cm³/mol. The van der Waals surface area contributed by atoms with Crippen molar-refractivity contribution in [2.75, 3.05) is 0 Å². The zero-order valence-electron chi connectivity index (χ0n) is 10.1. The van der Waals surface area contributed by atoms with E-state index >= 15 is 0 Å². The largest absolute Gasteiger partial charge is 1.00 e. The molecule has 0 N–H and O–H groups in total. The van der Waals surface area contributed by atoms with Crippen LogP contribution in [0.25, 0.3) is 10.8 Å². The van der Waals surface area contributed by atoms with Gasteiger partial charge in [0.25, 0.3) is 0 Å². The maximum atomic E-state index is 11.0. The van der Waals surface area contributed by atoms with E-state index in [2.05, 4.69) is 12.6 Å². The SMILES string of the molecule is O=C([O-])c1ccc2cc(C(=O)[S-])ccc2c1.[Na+].[Na+]. The Kier molecular flexibility index (Phi) is 7.63. The summed E-state index contributed by atoms with van der Waals surface area (Å²) in [5, 5.41) is 11.7. The van der Waals surface area contributed by atoms with Crippen molar-refractivity contribution in [3.05, 3.63) is 47.5 Å². The molecule has 2 aromatic rings. The van der Waals surface area contributed by atoms with E-state index in [0.717, 1.165) is 10.8 Å². The smallest absolute Gasteiger partial charge is 0.737 e. The van der Waals surface area contributed by atoms with Gasteiger partial charge in [0.05, 0.1) is 5.97 Å². The van der Waals surface area contributed by atoms with Crippen molar-refractivity contribution < 1.29 is 73.8 Å². The quantitative estimate of drug-likeness (QED) is 0.407. The Balaban J connectivity index is 0.00000144. The molecule has 2 aromatic carbocycles. The molecule has 3 nitrogen and oxygen atoms in total. The van der Waals surface area contributed by atoms with Crippen molar-refractivity contribution in [2.45, 2.75) is 0 Å². The second kappa shape index (κ2) is 7.60. The normalized spacial score (nSPS) is 9.11. The number of carboxylic acids is 1. The van der Waals surface area contributed by atoms with E-state index in [1.54, 1.807) is 24.3 Å². The van der Waals surface area contributed by atoms with Crippen molar-refractivity contribution in [1.82, 2.24) is 0 Å². The molecule has 0 atom stereocenters. The van der Waals surface area contributed by atoms with Gasteiger partial charge in [0.15, 0.2) is 0 Å². The fourth-order valence-corrected chi connectivity index (χ4v) is 1.63. The van der Waals surface area contributed by atoms with Crippen molar-refractivity contribution in [3.63, 3.8) is 0 Å². The van der Waals surface area contributed by atoms with Crippen LogP contribution in [0.5, 0.6) is 0 Å². The van der Waals surface area contributed by atoms with Crippen LogP contribution >= 0.6 is 0 Å². The van der Waals surface area contributed by atoms with Crippen molar-refractivity contribution in [1.29, 1.82) is 0 Å². The predicted octanol–water partition coefficient (Wildman–Crippen LogP) is -5.10. The summed E-state index contributed by atoms with van der Waals surface area (Å²) >= 11 is 4.53. The molecule has 2 rings (SSSR count). The molecule has 80 valence electrons. The summed E-state index contributed by atoms with van der Waals surface area (Å²) in [6, 6.07) is 9.46. The molecule has 0 saturated carbocycles. The second-order valence-corrected chi connectivity index (χ2v) is 3.72. The van der Waals surface area contributed by atoms with E-state index in [0.29, 0.717) is 5.56 Å². The van der Waals surface area contributed by atoms with E-state index in [-0.39, 0.29) is 64.7 Å². The molecule has 0 bridgehead atoms. The summed E-state index contributed by atoms with van der Waals surface area (Å²) in [6.07, 6.45) is 0. The average molecular weight is 276 g/mol. The van der Waals surface area contributed by atoms with Crippen LogP contribution in [-0.4, -0.2) is 11.1 Å². The third-order valence-corrected chi connectivity index (χ3v) is 2.55. The minimum atomic E-state index is -1.22. The molecule has 0 aliphatic carbocycles.